The molecule has 0 aliphatic heterocycles. The van der Waals surface area contributed by atoms with Gasteiger partial charge >= 0.3 is 6.18 Å². The second-order valence-corrected chi connectivity index (χ2v) is 5.97. The van der Waals surface area contributed by atoms with Gasteiger partial charge in [0.05, 0.1) is 20.9 Å². The van der Waals surface area contributed by atoms with E-state index in [0.717, 1.165) is 10.2 Å². The van der Waals surface area contributed by atoms with Crippen LogP contribution in [0, 0.1) is 0 Å². The minimum atomic E-state index is -4.09. The smallest absolute Gasteiger partial charge is 0.380 e. The van der Waals surface area contributed by atoms with Crippen LogP contribution in [-0.4, -0.2) is 17.2 Å². The summed E-state index contributed by atoms with van der Waals surface area (Å²) >= 11 is 7.63. The van der Waals surface area contributed by atoms with Gasteiger partial charge in [-0.2, -0.15) is 13.2 Å². The van der Waals surface area contributed by atoms with Crippen LogP contribution in [-0.2, 0) is 0 Å². The predicted molar refractivity (Wildman–Crippen MR) is 77.6 cm³/mol. The second kappa shape index (κ2) is 6.18. The summed E-state index contributed by atoms with van der Waals surface area (Å²) in [5.74, 6) is 0. The van der Waals surface area contributed by atoms with E-state index < -0.39 is 12.6 Å². The minimum absolute atomic E-state index is 0.0952. The van der Waals surface area contributed by atoms with Crippen LogP contribution < -0.4 is 5.32 Å². The van der Waals surface area contributed by atoms with Crippen molar-refractivity contribution >= 4 is 38.8 Å². The molecule has 110 valence electrons. The van der Waals surface area contributed by atoms with E-state index >= 15 is 0 Å². The molecule has 1 aromatic carbocycles. The molecule has 0 spiro atoms. The highest BCUT2D eigenvalue weighted by atomic mass is 35.5. The highest BCUT2D eigenvalue weighted by Crippen LogP contribution is 2.33. The minimum Gasteiger partial charge on any atom is -0.380 e. The van der Waals surface area contributed by atoms with E-state index in [1.54, 1.807) is 11.6 Å². The summed E-state index contributed by atoms with van der Waals surface area (Å²) in [6.07, 6.45) is -4.32. The highest BCUT2D eigenvalue weighted by Gasteiger charge is 2.26. The zero-order valence-electron chi connectivity index (χ0n) is 10.8. The molecule has 1 unspecified atom stereocenters. The van der Waals surface area contributed by atoms with Gasteiger partial charge in [-0.25, -0.2) is 4.98 Å². The molecule has 0 aliphatic carbocycles. The number of alkyl halides is 3. The zero-order chi connectivity index (χ0) is 14.8. The Bertz CT molecular complexity index is 582. The second-order valence-electron chi connectivity index (χ2n) is 4.67. The largest absolute Gasteiger partial charge is 0.389 e. The van der Waals surface area contributed by atoms with Crippen molar-refractivity contribution in [3.05, 3.63) is 22.7 Å². The van der Waals surface area contributed by atoms with Gasteiger partial charge in [0.25, 0.3) is 0 Å². The van der Waals surface area contributed by atoms with E-state index in [0.29, 0.717) is 17.1 Å². The number of nitrogens with zero attached hydrogens (tertiary/aromatic N) is 1. The summed E-state index contributed by atoms with van der Waals surface area (Å²) in [6.45, 7) is 1.85. The van der Waals surface area contributed by atoms with Crippen molar-refractivity contribution in [1.29, 1.82) is 0 Å². The molecule has 0 aliphatic rings. The van der Waals surface area contributed by atoms with Gasteiger partial charge < -0.3 is 5.32 Å². The topological polar surface area (TPSA) is 24.9 Å². The maximum atomic E-state index is 12.1. The Kier molecular flexibility index (Phi) is 4.75. The van der Waals surface area contributed by atoms with Crippen LogP contribution in [0.1, 0.15) is 26.2 Å². The molecular weight excluding hydrogens is 309 g/mol. The number of aromatic nitrogens is 1. The molecule has 2 rings (SSSR count). The van der Waals surface area contributed by atoms with Gasteiger partial charge in [0.15, 0.2) is 0 Å². The number of hydrogen-bond donors (Lipinski definition) is 1. The highest BCUT2D eigenvalue weighted by molar-refractivity contribution is 7.16. The quantitative estimate of drug-likeness (QED) is 0.788. The number of thiazole rings is 1. The lowest BCUT2D eigenvalue weighted by atomic mass is 10.1. The first-order chi connectivity index (χ1) is 9.37. The lowest BCUT2D eigenvalue weighted by molar-refractivity contribution is -0.135. The number of benzene rings is 1. The van der Waals surface area contributed by atoms with Crippen molar-refractivity contribution in [2.24, 2.45) is 0 Å². The Morgan fingerprint density at radius 3 is 2.85 bits per heavy atom. The van der Waals surface area contributed by atoms with Crippen LogP contribution in [0.3, 0.4) is 0 Å². The van der Waals surface area contributed by atoms with Crippen molar-refractivity contribution < 1.29 is 13.2 Å². The van der Waals surface area contributed by atoms with Crippen LogP contribution >= 0.6 is 22.9 Å². The average molecular weight is 323 g/mol. The Morgan fingerprint density at radius 1 is 1.40 bits per heavy atom. The summed E-state index contributed by atoms with van der Waals surface area (Å²) in [7, 11) is 0. The molecule has 0 amide bonds. The van der Waals surface area contributed by atoms with Crippen molar-refractivity contribution in [3.63, 3.8) is 0 Å². The molecule has 0 radical (unpaired) electrons. The molecule has 1 aromatic heterocycles. The van der Waals surface area contributed by atoms with E-state index in [9.17, 15) is 13.2 Å². The average Bonchev–Trinajstić information content (AvgIpc) is 2.79. The van der Waals surface area contributed by atoms with E-state index in [-0.39, 0.29) is 12.5 Å². The fourth-order valence-electron chi connectivity index (χ4n) is 1.97. The van der Waals surface area contributed by atoms with Crippen LogP contribution in [0.4, 0.5) is 18.9 Å². The summed E-state index contributed by atoms with van der Waals surface area (Å²) in [6, 6.07) is 3.56. The van der Waals surface area contributed by atoms with Gasteiger partial charge in [-0.05, 0) is 31.9 Å². The van der Waals surface area contributed by atoms with Crippen molar-refractivity contribution in [2.75, 3.05) is 5.32 Å². The number of halogens is 4. The summed E-state index contributed by atoms with van der Waals surface area (Å²) < 4.78 is 37.3. The molecule has 0 bridgehead atoms. The summed E-state index contributed by atoms with van der Waals surface area (Å²) in [4.78, 5) is 4.24. The molecule has 2 aromatic rings. The van der Waals surface area contributed by atoms with E-state index in [4.69, 9.17) is 11.6 Å². The molecule has 0 saturated heterocycles. The molecule has 2 nitrogen and oxygen atoms in total. The van der Waals surface area contributed by atoms with Gasteiger partial charge in [-0.3, -0.25) is 0 Å². The van der Waals surface area contributed by atoms with E-state index in [1.165, 1.54) is 11.3 Å². The Hall–Kier alpha value is -1.01. The Balaban J connectivity index is 2.01. The summed E-state index contributed by atoms with van der Waals surface area (Å²) in [5.41, 5.74) is 3.19. The van der Waals surface area contributed by atoms with E-state index in [2.05, 4.69) is 10.3 Å². The molecule has 20 heavy (non-hydrogen) atoms. The molecule has 1 heterocycles. The molecular formula is C13H14ClF3N2S. The van der Waals surface area contributed by atoms with Gasteiger partial charge in [0.2, 0.25) is 0 Å². The maximum absolute atomic E-state index is 12.1. The Labute approximate surface area is 124 Å². The third-order valence-electron chi connectivity index (χ3n) is 2.94. The molecule has 7 heteroatoms. The number of hydrogen-bond acceptors (Lipinski definition) is 3. The maximum Gasteiger partial charge on any atom is 0.389 e. The van der Waals surface area contributed by atoms with Crippen LogP contribution in [0.5, 0.6) is 0 Å². The molecule has 1 atom stereocenters. The number of rotatable bonds is 5. The first kappa shape index (κ1) is 15.4. The molecule has 0 saturated carbocycles. The predicted octanol–water partition coefficient (Wildman–Crippen LogP) is 5.48. The van der Waals surface area contributed by atoms with Gasteiger partial charge in [-0.15, -0.1) is 11.3 Å². The molecule has 1 N–H and O–H groups in total. The van der Waals surface area contributed by atoms with Crippen LogP contribution in [0.2, 0.25) is 5.02 Å². The third kappa shape index (κ3) is 3.99. The number of fused-ring (bicyclic) bond motifs is 1. The SMILES string of the molecule is CC(CCCC(F)(F)F)Nc1c(Cl)ccc2scnc12. The first-order valence-electron chi connectivity index (χ1n) is 6.22. The number of nitrogens with one attached hydrogen (secondary N) is 1. The lowest BCUT2D eigenvalue weighted by Gasteiger charge is -2.17. The summed E-state index contributed by atoms with van der Waals surface area (Å²) in [5, 5.41) is 3.70. The lowest BCUT2D eigenvalue weighted by Crippen LogP contribution is -2.17. The van der Waals surface area contributed by atoms with Gasteiger partial charge in [0, 0.05) is 12.5 Å². The van der Waals surface area contributed by atoms with Gasteiger partial charge in [0.1, 0.15) is 5.52 Å². The zero-order valence-corrected chi connectivity index (χ0v) is 12.4. The van der Waals surface area contributed by atoms with Crippen molar-refractivity contribution in [3.8, 4) is 0 Å². The monoisotopic (exact) mass is 322 g/mol. The number of anilines is 1. The van der Waals surface area contributed by atoms with Gasteiger partial charge in [-0.1, -0.05) is 11.6 Å². The normalized spacial score (nSPS) is 13.7. The van der Waals surface area contributed by atoms with Crippen LogP contribution in [0.25, 0.3) is 10.2 Å². The first-order valence-corrected chi connectivity index (χ1v) is 7.47. The third-order valence-corrected chi connectivity index (χ3v) is 4.05. The Morgan fingerprint density at radius 2 is 2.15 bits per heavy atom. The standard InChI is InChI=1S/C13H14ClF3N2S/c1-8(3-2-6-13(15,16)17)19-11-9(14)4-5-10-12(11)18-7-20-10/h4-5,7-8,19H,2-3,6H2,1H3. The molecule has 0 fully saturated rings. The van der Waals surface area contributed by atoms with Crippen molar-refractivity contribution in [1.82, 2.24) is 4.98 Å². The fourth-order valence-corrected chi connectivity index (χ4v) is 2.86. The van der Waals surface area contributed by atoms with E-state index in [1.807, 2.05) is 13.0 Å². The van der Waals surface area contributed by atoms with Crippen LogP contribution in [0.15, 0.2) is 17.6 Å². The van der Waals surface area contributed by atoms with Crippen molar-refractivity contribution in [2.45, 2.75) is 38.4 Å². The fraction of sp³-hybridized carbons (Fsp3) is 0.462.